The van der Waals surface area contributed by atoms with Gasteiger partial charge >= 0.3 is 0 Å². The summed E-state index contributed by atoms with van der Waals surface area (Å²) in [4.78, 5) is 5.78. The van der Waals surface area contributed by atoms with E-state index >= 15 is 0 Å². The van der Waals surface area contributed by atoms with Crippen molar-refractivity contribution in [3.8, 4) is 5.75 Å². The van der Waals surface area contributed by atoms with Crippen LogP contribution in [0, 0.1) is 0 Å². The molecule has 3 nitrogen and oxygen atoms in total. The van der Waals surface area contributed by atoms with Crippen LogP contribution in [0.4, 0.5) is 0 Å². The molecule has 0 saturated heterocycles. The highest BCUT2D eigenvalue weighted by Gasteiger charge is 2.12. The Balaban J connectivity index is 2.31. The van der Waals surface area contributed by atoms with Crippen LogP contribution < -0.4 is 4.74 Å². The number of hydrogen-bond donors (Lipinski definition) is 1. The lowest BCUT2D eigenvalue weighted by atomic mass is 10.1. The third-order valence-corrected chi connectivity index (χ3v) is 4.30. The first-order chi connectivity index (χ1) is 9.21. The lowest BCUT2D eigenvalue weighted by molar-refractivity contribution is 0.308. The van der Waals surface area contributed by atoms with E-state index in [9.17, 15) is 0 Å². The number of nitrogens with zero attached hydrogens (tertiary/aromatic N) is 1. The minimum Gasteiger partial charge on any atom is -0.496 e. The summed E-state index contributed by atoms with van der Waals surface area (Å²) in [6, 6.07) is 4.03. The summed E-state index contributed by atoms with van der Waals surface area (Å²) in [5, 5.41) is 1.20. The zero-order chi connectivity index (χ0) is 13.8. The van der Waals surface area contributed by atoms with Crippen molar-refractivity contribution in [2.24, 2.45) is 0 Å². The van der Waals surface area contributed by atoms with Gasteiger partial charge in [0, 0.05) is 22.6 Å². The number of methoxy groups -OCH3 is 1. The normalized spacial score (nSPS) is 11.4. The average Bonchev–Trinajstić information content (AvgIpc) is 2.86. The first-order valence-corrected chi connectivity index (χ1v) is 7.55. The van der Waals surface area contributed by atoms with Gasteiger partial charge in [-0.3, -0.25) is 0 Å². The molecule has 0 fully saturated rings. The smallest absolute Gasteiger partial charge is 0.128 e. The number of nitrogens with one attached hydrogen (secondary N) is 1. The van der Waals surface area contributed by atoms with Crippen LogP contribution in [0.1, 0.15) is 19.4 Å². The molecular weight excluding hydrogens is 304 g/mol. The molecule has 104 valence electrons. The number of aromatic nitrogens is 1. The molecule has 2 aromatic rings. The van der Waals surface area contributed by atoms with Gasteiger partial charge in [-0.15, -0.1) is 0 Å². The lowest BCUT2D eigenvalue weighted by Crippen LogP contribution is -2.25. The third kappa shape index (κ3) is 2.95. The first-order valence-electron chi connectivity index (χ1n) is 6.76. The van der Waals surface area contributed by atoms with Crippen LogP contribution in [0.15, 0.2) is 22.8 Å². The summed E-state index contributed by atoms with van der Waals surface area (Å²) in [7, 11) is 1.73. The molecule has 0 bridgehead atoms. The Bertz CT molecular complexity index is 546. The topological polar surface area (TPSA) is 28.3 Å². The summed E-state index contributed by atoms with van der Waals surface area (Å²) in [6.07, 6.45) is 3.13. The van der Waals surface area contributed by atoms with Crippen molar-refractivity contribution in [3.63, 3.8) is 0 Å². The highest BCUT2D eigenvalue weighted by Crippen LogP contribution is 2.33. The largest absolute Gasteiger partial charge is 0.496 e. The molecule has 1 aromatic heterocycles. The molecule has 0 aliphatic heterocycles. The van der Waals surface area contributed by atoms with Crippen LogP contribution in [0.2, 0.25) is 0 Å². The van der Waals surface area contributed by atoms with Crippen LogP contribution in [0.5, 0.6) is 5.75 Å². The number of halogens is 1. The van der Waals surface area contributed by atoms with E-state index in [0.717, 1.165) is 41.8 Å². The van der Waals surface area contributed by atoms with Gasteiger partial charge in [-0.1, -0.05) is 13.8 Å². The second-order valence-electron chi connectivity index (χ2n) is 4.59. The summed E-state index contributed by atoms with van der Waals surface area (Å²) >= 11 is 3.58. The molecule has 1 N–H and O–H groups in total. The van der Waals surface area contributed by atoms with Gasteiger partial charge in [0.05, 0.1) is 12.6 Å². The van der Waals surface area contributed by atoms with E-state index in [0.29, 0.717) is 0 Å². The maximum absolute atomic E-state index is 5.49. The standard InChI is InChI=1S/C15H21BrN2O/c1-4-18(5-2)9-8-11-10-17-15-12(16)6-7-13(19-3)14(11)15/h6-7,10,17H,4-5,8-9H2,1-3H3. The van der Waals surface area contributed by atoms with Gasteiger partial charge in [0.2, 0.25) is 0 Å². The highest BCUT2D eigenvalue weighted by atomic mass is 79.9. The van der Waals surface area contributed by atoms with E-state index in [1.807, 2.05) is 12.1 Å². The van der Waals surface area contributed by atoms with Gasteiger partial charge in [-0.2, -0.15) is 0 Å². The SMILES string of the molecule is CCN(CC)CCc1c[nH]c2c(Br)ccc(OC)c12. The van der Waals surface area contributed by atoms with Crippen LogP contribution in [0.3, 0.4) is 0 Å². The molecule has 0 aliphatic carbocycles. The minimum atomic E-state index is 0.939. The highest BCUT2D eigenvalue weighted by molar-refractivity contribution is 9.10. The maximum atomic E-state index is 5.49. The van der Waals surface area contributed by atoms with E-state index in [2.05, 4.69) is 45.9 Å². The van der Waals surface area contributed by atoms with Crippen LogP contribution in [0.25, 0.3) is 10.9 Å². The van der Waals surface area contributed by atoms with E-state index in [-0.39, 0.29) is 0 Å². The zero-order valence-corrected chi connectivity index (χ0v) is 13.4. The Labute approximate surface area is 123 Å². The van der Waals surface area contributed by atoms with Crippen molar-refractivity contribution in [1.82, 2.24) is 9.88 Å². The van der Waals surface area contributed by atoms with E-state index in [1.165, 1.54) is 10.9 Å². The molecule has 19 heavy (non-hydrogen) atoms. The van der Waals surface area contributed by atoms with Crippen molar-refractivity contribution in [2.45, 2.75) is 20.3 Å². The molecule has 0 saturated carbocycles. The second kappa shape index (κ2) is 6.44. The number of H-pyrrole nitrogens is 1. The summed E-state index contributed by atoms with van der Waals surface area (Å²) in [6.45, 7) is 7.68. The molecule has 1 aromatic carbocycles. The number of ether oxygens (including phenoxy) is 1. The average molecular weight is 325 g/mol. The van der Waals surface area contributed by atoms with Gasteiger partial charge in [-0.25, -0.2) is 0 Å². The van der Waals surface area contributed by atoms with Gasteiger partial charge in [0.1, 0.15) is 5.75 Å². The van der Waals surface area contributed by atoms with Gasteiger partial charge in [0.15, 0.2) is 0 Å². The van der Waals surface area contributed by atoms with E-state index < -0.39 is 0 Å². The van der Waals surface area contributed by atoms with E-state index in [1.54, 1.807) is 7.11 Å². The van der Waals surface area contributed by atoms with Crippen LogP contribution >= 0.6 is 15.9 Å². The Morgan fingerprint density at radius 1 is 1.26 bits per heavy atom. The number of likely N-dealkylation sites (N-methyl/N-ethyl adjacent to an activating group) is 1. The van der Waals surface area contributed by atoms with Crippen molar-refractivity contribution in [3.05, 3.63) is 28.4 Å². The Morgan fingerprint density at radius 3 is 2.63 bits per heavy atom. The first kappa shape index (κ1) is 14.4. The Hall–Kier alpha value is -1.00. The molecule has 0 amide bonds. The fourth-order valence-electron chi connectivity index (χ4n) is 2.44. The molecule has 0 spiro atoms. The molecule has 0 radical (unpaired) electrons. The van der Waals surface area contributed by atoms with Crippen LogP contribution in [-0.4, -0.2) is 36.6 Å². The molecule has 2 rings (SSSR count). The molecule has 0 aliphatic rings. The van der Waals surface area contributed by atoms with Gasteiger partial charge in [-0.05, 0) is 53.1 Å². The fraction of sp³-hybridized carbons (Fsp3) is 0.467. The monoisotopic (exact) mass is 324 g/mol. The van der Waals surface area contributed by atoms with Gasteiger partial charge in [0.25, 0.3) is 0 Å². The number of hydrogen-bond acceptors (Lipinski definition) is 2. The summed E-state index contributed by atoms with van der Waals surface area (Å²) < 4.78 is 6.57. The number of fused-ring (bicyclic) bond motifs is 1. The lowest BCUT2D eigenvalue weighted by Gasteiger charge is -2.17. The molecule has 1 heterocycles. The summed E-state index contributed by atoms with van der Waals surface area (Å²) in [5.41, 5.74) is 2.44. The number of aromatic amines is 1. The summed E-state index contributed by atoms with van der Waals surface area (Å²) in [5.74, 6) is 0.939. The predicted octanol–water partition coefficient (Wildman–Crippen LogP) is 3.82. The third-order valence-electron chi connectivity index (χ3n) is 3.64. The van der Waals surface area contributed by atoms with Crippen molar-refractivity contribution in [1.29, 1.82) is 0 Å². The Morgan fingerprint density at radius 2 is 2.00 bits per heavy atom. The number of benzene rings is 1. The second-order valence-corrected chi connectivity index (χ2v) is 5.44. The van der Waals surface area contributed by atoms with Crippen molar-refractivity contribution >= 4 is 26.8 Å². The molecule has 0 unspecified atom stereocenters. The van der Waals surface area contributed by atoms with Crippen molar-refractivity contribution < 1.29 is 4.74 Å². The molecule has 0 atom stereocenters. The fourth-order valence-corrected chi connectivity index (χ4v) is 2.88. The quantitative estimate of drug-likeness (QED) is 0.874. The predicted molar refractivity (Wildman–Crippen MR) is 84.0 cm³/mol. The van der Waals surface area contributed by atoms with Gasteiger partial charge < -0.3 is 14.6 Å². The molecular formula is C15H21BrN2O. The Kier molecular flexibility index (Phi) is 4.88. The van der Waals surface area contributed by atoms with Crippen LogP contribution in [-0.2, 0) is 6.42 Å². The van der Waals surface area contributed by atoms with E-state index in [4.69, 9.17) is 4.74 Å². The zero-order valence-electron chi connectivity index (χ0n) is 11.8. The molecule has 4 heteroatoms. The van der Waals surface area contributed by atoms with Crippen molar-refractivity contribution in [2.75, 3.05) is 26.7 Å². The minimum absolute atomic E-state index is 0.939. The maximum Gasteiger partial charge on any atom is 0.128 e. The number of rotatable bonds is 6.